The maximum absolute atomic E-state index is 12.7. The van der Waals surface area contributed by atoms with Gasteiger partial charge < -0.3 is 24.7 Å². The first-order valence-electron chi connectivity index (χ1n) is 9.26. The number of methoxy groups -OCH3 is 1. The van der Waals surface area contributed by atoms with Gasteiger partial charge in [-0.05, 0) is 36.8 Å². The summed E-state index contributed by atoms with van der Waals surface area (Å²) in [6, 6.07) is 11.1. The number of carbonyl (C=O) groups is 1. The molecule has 8 nitrogen and oxygen atoms in total. The van der Waals surface area contributed by atoms with Crippen molar-refractivity contribution in [3.8, 4) is 17.2 Å². The highest BCUT2D eigenvalue weighted by molar-refractivity contribution is 5.77. The number of nitrogens with zero attached hydrogens (tertiary/aromatic N) is 1. The Kier molecular flexibility index (Phi) is 6.36. The van der Waals surface area contributed by atoms with Crippen molar-refractivity contribution < 1.29 is 24.2 Å². The number of amides is 1. The van der Waals surface area contributed by atoms with Crippen molar-refractivity contribution >= 4 is 5.91 Å². The molecule has 3 N–H and O–H groups in total. The number of nitrogens with one attached hydrogen (secondary N) is 1. The molecule has 2 aromatic heterocycles. The minimum Gasteiger partial charge on any atom is -0.504 e. The predicted molar refractivity (Wildman–Crippen MR) is 109 cm³/mol. The quantitative estimate of drug-likeness (QED) is 0.547. The van der Waals surface area contributed by atoms with Crippen LogP contribution in [0.25, 0.3) is 0 Å². The second kappa shape index (κ2) is 9.13. The van der Waals surface area contributed by atoms with Crippen LogP contribution in [0.5, 0.6) is 17.2 Å². The molecule has 30 heavy (non-hydrogen) atoms. The lowest BCUT2D eigenvalue weighted by Crippen LogP contribution is -2.25. The van der Waals surface area contributed by atoms with E-state index in [4.69, 9.17) is 9.15 Å². The summed E-state index contributed by atoms with van der Waals surface area (Å²) >= 11 is 0. The lowest BCUT2D eigenvalue weighted by Gasteiger charge is -2.19. The average molecular weight is 410 g/mol. The summed E-state index contributed by atoms with van der Waals surface area (Å²) in [4.78, 5) is 28.9. The number of benzene rings is 1. The molecule has 1 amide bonds. The van der Waals surface area contributed by atoms with Gasteiger partial charge >= 0.3 is 0 Å². The highest BCUT2D eigenvalue weighted by atomic mass is 16.5. The molecule has 3 rings (SSSR count). The summed E-state index contributed by atoms with van der Waals surface area (Å²) in [6.07, 6.45) is 1.52. The van der Waals surface area contributed by atoms with Gasteiger partial charge in [0, 0.05) is 18.7 Å². The van der Waals surface area contributed by atoms with E-state index in [0.717, 1.165) is 0 Å². The zero-order valence-corrected chi connectivity index (χ0v) is 16.6. The van der Waals surface area contributed by atoms with Crippen LogP contribution in [-0.2, 0) is 11.3 Å². The van der Waals surface area contributed by atoms with E-state index >= 15 is 0 Å². The Morgan fingerprint density at radius 1 is 1.23 bits per heavy atom. The molecule has 8 heteroatoms. The molecule has 2 heterocycles. The van der Waals surface area contributed by atoms with Crippen molar-refractivity contribution in [3.63, 3.8) is 0 Å². The number of aromatic nitrogens is 1. The largest absolute Gasteiger partial charge is 0.504 e. The number of carbonyl (C=O) groups excluding carboxylic acids is 1. The van der Waals surface area contributed by atoms with Gasteiger partial charge in [-0.25, -0.2) is 0 Å². The molecule has 0 bridgehead atoms. The van der Waals surface area contributed by atoms with Gasteiger partial charge in [0.15, 0.2) is 17.3 Å². The lowest BCUT2D eigenvalue weighted by atomic mass is 9.91. The number of aryl methyl sites for hydroxylation is 1. The minimum atomic E-state index is -0.782. The summed E-state index contributed by atoms with van der Waals surface area (Å²) in [5.74, 6) is -1.28. The van der Waals surface area contributed by atoms with Crippen LogP contribution >= 0.6 is 0 Å². The highest BCUT2D eigenvalue weighted by Crippen LogP contribution is 2.37. The molecule has 0 radical (unpaired) electrons. The number of aromatic hydroxyl groups is 2. The van der Waals surface area contributed by atoms with Gasteiger partial charge in [0.1, 0.15) is 5.76 Å². The first-order valence-corrected chi connectivity index (χ1v) is 9.26. The Morgan fingerprint density at radius 2 is 2.03 bits per heavy atom. The maximum Gasteiger partial charge on any atom is 0.227 e. The molecule has 0 saturated carbocycles. The van der Waals surface area contributed by atoms with Crippen molar-refractivity contribution in [3.05, 3.63) is 81.7 Å². The zero-order chi connectivity index (χ0) is 21.7. The van der Waals surface area contributed by atoms with E-state index in [1.165, 1.54) is 25.3 Å². The fourth-order valence-electron chi connectivity index (χ4n) is 3.08. The number of pyridine rings is 1. The molecule has 0 aliphatic heterocycles. The van der Waals surface area contributed by atoms with E-state index in [2.05, 4.69) is 10.3 Å². The van der Waals surface area contributed by atoms with Crippen LogP contribution in [0.1, 0.15) is 35.1 Å². The summed E-state index contributed by atoms with van der Waals surface area (Å²) in [6.45, 7) is 1.81. The molecule has 1 unspecified atom stereocenters. The average Bonchev–Trinajstić information content (AvgIpc) is 2.74. The predicted octanol–water partition coefficient (Wildman–Crippen LogP) is 2.60. The fourth-order valence-corrected chi connectivity index (χ4v) is 3.08. The van der Waals surface area contributed by atoms with Gasteiger partial charge in [-0.2, -0.15) is 0 Å². The molecule has 3 aromatic rings. The molecule has 0 fully saturated rings. The van der Waals surface area contributed by atoms with Gasteiger partial charge in [-0.3, -0.25) is 14.6 Å². The van der Waals surface area contributed by atoms with Crippen molar-refractivity contribution in [2.75, 3.05) is 7.11 Å². The summed E-state index contributed by atoms with van der Waals surface area (Å²) in [5.41, 5.74) is 0.624. The second-order valence-corrected chi connectivity index (χ2v) is 6.72. The zero-order valence-electron chi connectivity index (χ0n) is 16.6. The van der Waals surface area contributed by atoms with Gasteiger partial charge in [0.05, 0.1) is 25.3 Å². The third kappa shape index (κ3) is 4.78. The fraction of sp³-hybridized carbons (Fsp3) is 0.227. The molecule has 0 aliphatic rings. The van der Waals surface area contributed by atoms with Gasteiger partial charge in [-0.15, -0.1) is 0 Å². The topological polar surface area (TPSA) is 122 Å². The monoisotopic (exact) mass is 410 g/mol. The second-order valence-electron chi connectivity index (χ2n) is 6.72. The normalized spacial score (nSPS) is 11.7. The van der Waals surface area contributed by atoms with Crippen molar-refractivity contribution in [1.29, 1.82) is 0 Å². The molecule has 1 atom stereocenters. The van der Waals surface area contributed by atoms with E-state index in [1.807, 2.05) is 6.07 Å². The van der Waals surface area contributed by atoms with E-state index in [-0.39, 0.29) is 36.1 Å². The van der Waals surface area contributed by atoms with Crippen molar-refractivity contribution in [1.82, 2.24) is 10.3 Å². The van der Waals surface area contributed by atoms with E-state index in [0.29, 0.717) is 17.0 Å². The van der Waals surface area contributed by atoms with Crippen LogP contribution in [0.2, 0.25) is 0 Å². The smallest absolute Gasteiger partial charge is 0.227 e. The third-order valence-electron chi connectivity index (χ3n) is 4.58. The Balaban J connectivity index is 1.94. The van der Waals surface area contributed by atoms with Crippen LogP contribution in [0.4, 0.5) is 0 Å². The van der Waals surface area contributed by atoms with Crippen LogP contribution in [0.15, 0.2) is 57.9 Å². The molecule has 0 spiro atoms. The number of phenols is 1. The molecule has 1 aromatic carbocycles. The Hall–Kier alpha value is -3.81. The molecule has 156 valence electrons. The standard InChI is InChI=1S/C22H22N2O6/c1-13-9-18(26)21(28)22(30-13)16(14-6-7-17(25)19(10-14)29-2)11-20(27)24-12-15-5-3-4-8-23-15/h3-10,16,25,28H,11-12H2,1-2H3,(H,24,27). The van der Waals surface area contributed by atoms with E-state index < -0.39 is 17.1 Å². The Bertz CT molecular complexity index is 1090. The van der Waals surface area contributed by atoms with Crippen LogP contribution in [-0.4, -0.2) is 28.2 Å². The molecular formula is C22H22N2O6. The SMILES string of the molecule is COc1cc(C(CC(=O)NCc2ccccn2)c2oc(C)cc(=O)c2O)ccc1O. The van der Waals surface area contributed by atoms with Crippen LogP contribution in [0, 0.1) is 6.92 Å². The Morgan fingerprint density at radius 3 is 2.73 bits per heavy atom. The summed E-state index contributed by atoms with van der Waals surface area (Å²) < 4.78 is 10.8. The van der Waals surface area contributed by atoms with E-state index in [1.54, 1.807) is 31.3 Å². The van der Waals surface area contributed by atoms with Gasteiger partial charge in [0.25, 0.3) is 0 Å². The number of rotatable bonds is 7. The number of phenolic OH excluding ortho intramolecular Hbond substituents is 1. The number of hydrogen-bond donors (Lipinski definition) is 3. The number of hydrogen-bond acceptors (Lipinski definition) is 7. The maximum atomic E-state index is 12.7. The van der Waals surface area contributed by atoms with Crippen LogP contribution in [0.3, 0.4) is 0 Å². The first-order chi connectivity index (χ1) is 14.4. The molecule has 0 aliphatic carbocycles. The van der Waals surface area contributed by atoms with Gasteiger partial charge in [-0.1, -0.05) is 12.1 Å². The number of ether oxygens (including phenoxy) is 1. The summed E-state index contributed by atoms with van der Waals surface area (Å²) in [5, 5.41) is 23.0. The van der Waals surface area contributed by atoms with Gasteiger partial charge in [0.2, 0.25) is 17.1 Å². The summed E-state index contributed by atoms with van der Waals surface area (Å²) in [7, 11) is 1.40. The van der Waals surface area contributed by atoms with Crippen molar-refractivity contribution in [2.45, 2.75) is 25.8 Å². The van der Waals surface area contributed by atoms with Crippen LogP contribution < -0.4 is 15.5 Å². The first kappa shape index (κ1) is 20.9. The van der Waals surface area contributed by atoms with Crippen molar-refractivity contribution in [2.24, 2.45) is 0 Å². The Labute approximate surface area is 172 Å². The minimum absolute atomic E-state index is 0.0271. The molecule has 0 saturated heterocycles. The third-order valence-corrected chi connectivity index (χ3v) is 4.58. The highest BCUT2D eigenvalue weighted by Gasteiger charge is 2.26. The lowest BCUT2D eigenvalue weighted by molar-refractivity contribution is -0.121. The van der Waals surface area contributed by atoms with E-state index in [9.17, 15) is 19.8 Å². The molecular weight excluding hydrogens is 388 g/mol.